The summed E-state index contributed by atoms with van der Waals surface area (Å²) in [7, 11) is 0. The van der Waals surface area contributed by atoms with E-state index in [4.69, 9.17) is 0 Å². The lowest BCUT2D eigenvalue weighted by atomic mass is 10.2. The van der Waals surface area contributed by atoms with Crippen molar-refractivity contribution in [3.8, 4) is 0 Å². The molecule has 0 fully saturated rings. The van der Waals surface area contributed by atoms with Crippen LogP contribution in [0.4, 0.5) is 0 Å². The fraction of sp³-hybridized carbons (Fsp3) is 0.200. The molecule has 0 aliphatic heterocycles. The van der Waals surface area contributed by atoms with E-state index in [-0.39, 0.29) is 0 Å². The van der Waals surface area contributed by atoms with Crippen LogP contribution in [0.5, 0.6) is 0 Å². The van der Waals surface area contributed by atoms with E-state index in [0.29, 0.717) is 5.25 Å². The molecular weight excluding hydrogens is 292 g/mol. The van der Waals surface area contributed by atoms with E-state index in [1.165, 1.54) is 11.1 Å². The number of hydrogen-bond acceptors (Lipinski definition) is 1. The molecule has 0 nitrogen and oxygen atoms in total. The summed E-state index contributed by atoms with van der Waals surface area (Å²) in [5.41, 5.74) is 2.78. The van der Waals surface area contributed by atoms with E-state index in [2.05, 4.69) is 76.6 Å². The SMILES string of the molecule is BrCC(SCc1ccccc1)c1ccccc1. The molecule has 0 radical (unpaired) electrons. The predicted molar refractivity (Wildman–Crippen MR) is 80.7 cm³/mol. The van der Waals surface area contributed by atoms with Crippen molar-refractivity contribution in [2.24, 2.45) is 0 Å². The van der Waals surface area contributed by atoms with Crippen molar-refractivity contribution in [2.75, 3.05) is 5.33 Å². The first-order chi connectivity index (χ1) is 8.40. The minimum Gasteiger partial charge on any atom is -0.148 e. The average molecular weight is 307 g/mol. The van der Waals surface area contributed by atoms with Crippen LogP contribution in [0, 0.1) is 0 Å². The Hall–Kier alpha value is -0.730. The first kappa shape index (κ1) is 12.7. The van der Waals surface area contributed by atoms with Gasteiger partial charge in [-0.25, -0.2) is 0 Å². The Balaban J connectivity index is 1.97. The van der Waals surface area contributed by atoms with E-state index in [1.54, 1.807) is 0 Å². The third-order valence-electron chi connectivity index (χ3n) is 2.61. The summed E-state index contributed by atoms with van der Waals surface area (Å²) >= 11 is 5.59. The predicted octanol–water partition coefficient (Wildman–Crippen LogP) is 5.06. The van der Waals surface area contributed by atoms with Gasteiger partial charge in [0.2, 0.25) is 0 Å². The molecule has 17 heavy (non-hydrogen) atoms. The number of rotatable bonds is 5. The largest absolute Gasteiger partial charge is 0.148 e. The van der Waals surface area contributed by atoms with Crippen molar-refractivity contribution in [3.63, 3.8) is 0 Å². The molecule has 0 amide bonds. The zero-order valence-corrected chi connectivity index (χ0v) is 12.0. The lowest BCUT2D eigenvalue weighted by Gasteiger charge is -2.14. The Bertz CT molecular complexity index is 427. The Morgan fingerprint density at radius 3 is 2.06 bits per heavy atom. The van der Waals surface area contributed by atoms with Gasteiger partial charge in [0.05, 0.1) is 0 Å². The highest BCUT2D eigenvalue weighted by Crippen LogP contribution is 2.32. The van der Waals surface area contributed by atoms with Gasteiger partial charge >= 0.3 is 0 Å². The van der Waals surface area contributed by atoms with E-state index >= 15 is 0 Å². The first-order valence-electron chi connectivity index (χ1n) is 5.66. The Morgan fingerprint density at radius 2 is 1.47 bits per heavy atom. The van der Waals surface area contributed by atoms with Crippen LogP contribution >= 0.6 is 27.7 Å². The van der Waals surface area contributed by atoms with Crippen molar-refractivity contribution < 1.29 is 0 Å². The third kappa shape index (κ3) is 3.90. The summed E-state index contributed by atoms with van der Waals surface area (Å²) < 4.78 is 0. The van der Waals surface area contributed by atoms with Gasteiger partial charge in [0.25, 0.3) is 0 Å². The molecule has 0 saturated heterocycles. The molecular formula is C15H15BrS. The van der Waals surface area contributed by atoms with Crippen LogP contribution in [-0.4, -0.2) is 5.33 Å². The van der Waals surface area contributed by atoms with Gasteiger partial charge in [0.15, 0.2) is 0 Å². The zero-order valence-electron chi connectivity index (χ0n) is 9.55. The quantitative estimate of drug-likeness (QED) is 0.696. The lowest BCUT2D eigenvalue weighted by Crippen LogP contribution is -1.95. The number of thioether (sulfide) groups is 1. The van der Waals surface area contributed by atoms with E-state index in [1.807, 2.05) is 11.8 Å². The van der Waals surface area contributed by atoms with Gasteiger partial charge in [-0.2, -0.15) is 0 Å². The van der Waals surface area contributed by atoms with Crippen LogP contribution in [0.1, 0.15) is 16.4 Å². The average Bonchev–Trinajstić information content (AvgIpc) is 2.42. The van der Waals surface area contributed by atoms with Crippen molar-refractivity contribution in [2.45, 2.75) is 11.0 Å². The van der Waals surface area contributed by atoms with Crippen molar-refractivity contribution in [3.05, 3.63) is 71.8 Å². The highest BCUT2D eigenvalue weighted by molar-refractivity contribution is 9.09. The molecule has 2 heteroatoms. The Kier molecular flexibility index (Phi) is 5.14. The number of alkyl halides is 1. The molecule has 0 bridgehead atoms. The van der Waals surface area contributed by atoms with Gasteiger partial charge in [-0.3, -0.25) is 0 Å². The van der Waals surface area contributed by atoms with Crippen LogP contribution < -0.4 is 0 Å². The van der Waals surface area contributed by atoms with Crippen LogP contribution in [0.15, 0.2) is 60.7 Å². The normalized spacial score (nSPS) is 12.3. The Morgan fingerprint density at radius 1 is 0.882 bits per heavy atom. The monoisotopic (exact) mass is 306 g/mol. The van der Waals surface area contributed by atoms with Gasteiger partial charge in [-0.05, 0) is 11.1 Å². The molecule has 0 heterocycles. The first-order valence-corrected chi connectivity index (χ1v) is 7.83. The summed E-state index contributed by atoms with van der Waals surface area (Å²) in [6.45, 7) is 0. The Labute approximate surface area is 116 Å². The molecule has 2 aromatic rings. The maximum Gasteiger partial charge on any atom is 0.0397 e. The van der Waals surface area contributed by atoms with Crippen molar-refractivity contribution >= 4 is 27.7 Å². The maximum atomic E-state index is 3.61. The van der Waals surface area contributed by atoms with Gasteiger partial charge in [-0.1, -0.05) is 76.6 Å². The molecule has 0 aromatic heterocycles. The number of halogens is 1. The second kappa shape index (κ2) is 6.87. The summed E-state index contributed by atoms with van der Waals surface area (Å²) in [4.78, 5) is 0. The number of hydrogen-bond donors (Lipinski definition) is 0. The van der Waals surface area contributed by atoms with Gasteiger partial charge in [0, 0.05) is 16.3 Å². The summed E-state index contributed by atoms with van der Waals surface area (Å²) in [5, 5.41) is 1.52. The lowest BCUT2D eigenvalue weighted by molar-refractivity contribution is 1.12. The van der Waals surface area contributed by atoms with Gasteiger partial charge < -0.3 is 0 Å². The molecule has 0 spiro atoms. The molecule has 0 aliphatic rings. The summed E-state index contributed by atoms with van der Waals surface area (Å²) in [6.07, 6.45) is 0. The molecule has 1 atom stereocenters. The highest BCUT2D eigenvalue weighted by Gasteiger charge is 2.09. The van der Waals surface area contributed by atoms with Crippen LogP contribution in [0.2, 0.25) is 0 Å². The molecule has 1 unspecified atom stereocenters. The molecule has 0 aliphatic carbocycles. The second-order valence-corrected chi connectivity index (χ2v) is 5.69. The fourth-order valence-electron chi connectivity index (χ4n) is 1.67. The maximum absolute atomic E-state index is 3.61. The van der Waals surface area contributed by atoms with E-state index in [9.17, 15) is 0 Å². The standard InChI is InChI=1S/C15H15BrS/c16-11-15(14-9-5-2-6-10-14)17-12-13-7-3-1-4-8-13/h1-10,15H,11-12H2. The van der Waals surface area contributed by atoms with Crippen LogP contribution in [0.3, 0.4) is 0 Å². The fourth-order valence-corrected chi connectivity index (χ4v) is 3.63. The molecule has 0 saturated carbocycles. The zero-order chi connectivity index (χ0) is 11.9. The van der Waals surface area contributed by atoms with Gasteiger partial charge in [-0.15, -0.1) is 11.8 Å². The minimum atomic E-state index is 0.524. The van der Waals surface area contributed by atoms with Crippen LogP contribution in [-0.2, 0) is 5.75 Å². The number of benzene rings is 2. The third-order valence-corrected chi connectivity index (χ3v) is 5.02. The molecule has 88 valence electrons. The minimum absolute atomic E-state index is 0.524. The van der Waals surface area contributed by atoms with E-state index < -0.39 is 0 Å². The molecule has 2 aromatic carbocycles. The van der Waals surface area contributed by atoms with Crippen molar-refractivity contribution in [1.29, 1.82) is 0 Å². The summed E-state index contributed by atoms with van der Waals surface area (Å²) in [5.74, 6) is 1.06. The summed E-state index contributed by atoms with van der Waals surface area (Å²) in [6, 6.07) is 21.3. The second-order valence-electron chi connectivity index (χ2n) is 3.85. The van der Waals surface area contributed by atoms with Crippen LogP contribution in [0.25, 0.3) is 0 Å². The smallest absolute Gasteiger partial charge is 0.0397 e. The highest BCUT2D eigenvalue weighted by atomic mass is 79.9. The molecule has 2 rings (SSSR count). The van der Waals surface area contributed by atoms with E-state index in [0.717, 1.165) is 11.1 Å². The molecule has 0 N–H and O–H groups in total. The topological polar surface area (TPSA) is 0 Å². The van der Waals surface area contributed by atoms with Gasteiger partial charge in [0.1, 0.15) is 0 Å². The van der Waals surface area contributed by atoms with Crippen molar-refractivity contribution in [1.82, 2.24) is 0 Å².